The van der Waals surface area contributed by atoms with Crippen LogP contribution >= 0.6 is 0 Å². The zero-order valence-corrected chi connectivity index (χ0v) is 16.9. The average molecular weight is 411 g/mol. The summed E-state index contributed by atoms with van der Waals surface area (Å²) in [5, 5.41) is 16.6. The van der Waals surface area contributed by atoms with Gasteiger partial charge < -0.3 is 34.9 Å². The van der Waals surface area contributed by atoms with E-state index in [2.05, 4.69) is 10.6 Å². The number of rotatable bonds is 7. The highest BCUT2D eigenvalue weighted by Crippen LogP contribution is 2.30. The first-order chi connectivity index (χ1) is 13.9. The lowest BCUT2D eigenvalue weighted by Crippen LogP contribution is -2.37. The van der Waals surface area contributed by atoms with Crippen LogP contribution in [0.4, 0.5) is 10.1 Å². The molecule has 2 aliphatic heterocycles. The minimum absolute atomic E-state index is 0.0528. The van der Waals surface area contributed by atoms with Gasteiger partial charge >= 0.3 is 0 Å². The molecule has 2 heterocycles. The molecule has 3 N–H and O–H groups in total. The van der Waals surface area contributed by atoms with Crippen molar-refractivity contribution >= 4 is 11.6 Å². The molecular formula is C20H30FN3O5. The maximum atomic E-state index is 14.7. The van der Waals surface area contributed by atoms with E-state index in [0.29, 0.717) is 38.2 Å². The van der Waals surface area contributed by atoms with Crippen LogP contribution in [0, 0.1) is 5.82 Å². The van der Waals surface area contributed by atoms with Crippen LogP contribution in [0.5, 0.6) is 5.75 Å². The Morgan fingerprint density at radius 1 is 1.45 bits per heavy atom. The smallest absolute Gasteiger partial charge is 0.240 e. The van der Waals surface area contributed by atoms with Gasteiger partial charge in [-0.3, -0.25) is 4.79 Å². The average Bonchev–Trinajstić information content (AvgIpc) is 2.99. The first-order valence-electron chi connectivity index (χ1n) is 9.95. The van der Waals surface area contributed by atoms with Crippen LogP contribution in [0.2, 0.25) is 0 Å². The Morgan fingerprint density at radius 2 is 2.28 bits per heavy atom. The summed E-state index contributed by atoms with van der Waals surface area (Å²) in [5.74, 6) is -0.555. The van der Waals surface area contributed by atoms with Crippen LogP contribution in [0.3, 0.4) is 0 Å². The lowest BCUT2D eigenvalue weighted by Gasteiger charge is -2.27. The maximum absolute atomic E-state index is 14.7. The van der Waals surface area contributed by atoms with E-state index >= 15 is 0 Å². The predicted molar refractivity (Wildman–Crippen MR) is 105 cm³/mol. The van der Waals surface area contributed by atoms with Gasteiger partial charge in [0.1, 0.15) is 6.61 Å². The number of ether oxygens (including phenoxy) is 3. The summed E-state index contributed by atoms with van der Waals surface area (Å²) in [5.41, 5.74) is -0.362. The molecule has 3 rings (SSSR count). The quantitative estimate of drug-likeness (QED) is 0.616. The molecule has 0 aliphatic carbocycles. The van der Waals surface area contributed by atoms with Crippen molar-refractivity contribution in [1.29, 1.82) is 0 Å². The van der Waals surface area contributed by atoms with Crippen molar-refractivity contribution in [2.75, 3.05) is 44.8 Å². The molecular weight excluding hydrogens is 381 g/mol. The number of nitrogens with one attached hydrogen (secondary N) is 2. The van der Waals surface area contributed by atoms with Crippen LogP contribution in [0.1, 0.15) is 26.2 Å². The van der Waals surface area contributed by atoms with E-state index in [-0.39, 0.29) is 24.4 Å². The van der Waals surface area contributed by atoms with E-state index in [0.717, 1.165) is 13.0 Å². The second kappa shape index (κ2) is 9.71. The molecule has 1 aromatic carbocycles. The molecule has 2 aliphatic rings. The summed E-state index contributed by atoms with van der Waals surface area (Å²) in [6, 6.07) is 4.65. The third-order valence-corrected chi connectivity index (χ3v) is 5.25. The highest BCUT2D eigenvalue weighted by atomic mass is 19.1. The standard InChI is InChI=1S/C20H30FN3O5/c1-14(25)23-11-16-12-24(19(27-2)29-16)15-4-5-18(17(21)10-15)28-13-20(26)6-3-8-22-9-7-20/h4-5,10,16,19,22,26H,3,6-9,11-13H2,1-2H3,(H,23,25)/t16-,19?,20?/m0/s1. The number of hydrogen-bond acceptors (Lipinski definition) is 7. The molecule has 29 heavy (non-hydrogen) atoms. The molecule has 3 atom stereocenters. The van der Waals surface area contributed by atoms with E-state index in [1.165, 1.54) is 20.1 Å². The van der Waals surface area contributed by atoms with Crippen LogP contribution in [-0.4, -0.2) is 69.0 Å². The summed E-state index contributed by atoms with van der Waals surface area (Å²) < 4.78 is 31.4. The molecule has 162 valence electrons. The number of halogens is 1. The van der Waals surface area contributed by atoms with Crippen molar-refractivity contribution < 1.29 is 28.5 Å². The number of nitrogens with zero attached hydrogens (tertiary/aromatic N) is 1. The Morgan fingerprint density at radius 3 is 3.00 bits per heavy atom. The number of carbonyl (C=O) groups excluding carboxylic acids is 1. The van der Waals surface area contributed by atoms with E-state index in [9.17, 15) is 14.3 Å². The fourth-order valence-corrected chi connectivity index (χ4v) is 3.62. The third kappa shape index (κ3) is 5.79. The second-order valence-corrected chi connectivity index (χ2v) is 7.62. The van der Waals surface area contributed by atoms with Crippen molar-refractivity contribution in [3.05, 3.63) is 24.0 Å². The van der Waals surface area contributed by atoms with Crippen molar-refractivity contribution in [2.45, 2.75) is 44.3 Å². The molecule has 0 spiro atoms. The van der Waals surface area contributed by atoms with Gasteiger partial charge in [0.05, 0.1) is 18.2 Å². The van der Waals surface area contributed by atoms with Gasteiger partial charge in [0.25, 0.3) is 0 Å². The minimum atomic E-state index is -0.949. The summed E-state index contributed by atoms with van der Waals surface area (Å²) in [7, 11) is 1.51. The highest BCUT2D eigenvalue weighted by Gasteiger charge is 2.34. The number of methoxy groups -OCH3 is 1. The van der Waals surface area contributed by atoms with Crippen LogP contribution < -0.4 is 20.3 Å². The van der Waals surface area contributed by atoms with Crippen LogP contribution in [0.15, 0.2) is 18.2 Å². The highest BCUT2D eigenvalue weighted by molar-refractivity contribution is 5.72. The van der Waals surface area contributed by atoms with Gasteiger partial charge in [-0.25, -0.2) is 4.39 Å². The largest absolute Gasteiger partial charge is 0.488 e. The van der Waals surface area contributed by atoms with Gasteiger partial charge in [-0.05, 0) is 44.5 Å². The molecule has 0 aromatic heterocycles. The second-order valence-electron chi connectivity index (χ2n) is 7.62. The molecule has 0 saturated carbocycles. The van der Waals surface area contributed by atoms with Gasteiger partial charge in [-0.1, -0.05) is 0 Å². The van der Waals surface area contributed by atoms with Gasteiger partial charge in [0.2, 0.25) is 12.3 Å². The summed E-state index contributed by atoms with van der Waals surface area (Å²) in [4.78, 5) is 12.9. The van der Waals surface area contributed by atoms with E-state index in [1.807, 2.05) is 0 Å². The Kier molecular flexibility index (Phi) is 7.28. The summed E-state index contributed by atoms with van der Waals surface area (Å²) >= 11 is 0. The molecule has 1 aromatic rings. The lowest BCUT2D eigenvalue weighted by atomic mass is 9.96. The van der Waals surface area contributed by atoms with Crippen LogP contribution in [-0.2, 0) is 14.3 Å². The third-order valence-electron chi connectivity index (χ3n) is 5.25. The Labute approximate surface area is 170 Å². The van der Waals surface area contributed by atoms with Gasteiger partial charge in [0.15, 0.2) is 11.6 Å². The van der Waals surface area contributed by atoms with Crippen molar-refractivity contribution in [3.8, 4) is 5.75 Å². The SMILES string of the molecule is COC1O[C@@H](CNC(C)=O)CN1c1ccc(OCC2(O)CCCNCC2)c(F)c1. The van der Waals surface area contributed by atoms with Crippen molar-refractivity contribution in [1.82, 2.24) is 10.6 Å². The molecule has 2 saturated heterocycles. The maximum Gasteiger partial charge on any atom is 0.240 e. The van der Waals surface area contributed by atoms with Gasteiger partial charge in [-0.2, -0.15) is 0 Å². The zero-order chi connectivity index (χ0) is 20.9. The Balaban J connectivity index is 1.63. The Bertz CT molecular complexity index is 697. The molecule has 0 radical (unpaired) electrons. The summed E-state index contributed by atoms with van der Waals surface area (Å²) in [6.45, 7) is 3.88. The first-order valence-corrected chi connectivity index (χ1v) is 9.95. The number of amides is 1. The molecule has 2 unspecified atom stereocenters. The van der Waals surface area contributed by atoms with E-state index in [1.54, 1.807) is 17.0 Å². The van der Waals surface area contributed by atoms with Gasteiger partial charge in [0, 0.05) is 32.3 Å². The molecule has 1 amide bonds. The number of hydrogen-bond donors (Lipinski definition) is 3. The topological polar surface area (TPSA) is 92.3 Å². The molecule has 2 fully saturated rings. The minimum Gasteiger partial charge on any atom is -0.488 e. The molecule has 9 heteroatoms. The Hall–Kier alpha value is -1.94. The fourth-order valence-electron chi connectivity index (χ4n) is 3.62. The predicted octanol–water partition coefficient (Wildman–Crippen LogP) is 0.980. The van der Waals surface area contributed by atoms with E-state index in [4.69, 9.17) is 14.2 Å². The van der Waals surface area contributed by atoms with Crippen molar-refractivity contribution in [2.24, 2.45) is 0 Å². The number of benzene rings is 1. The van der Waals surface area contributed by atoms with Crippen LogP contribution in [0.25, 0.3) is 0 Å². The fraction of sp³-hybridized carbons (Fsp3) is 0.650. The number of carbonyl (C=O) groups is 1. The zero-order valence-electron chi connectivity index (χ0n) is 16.9. The molecule has 0 bridgehead atoms. The normalized spacial score (nSPS) is 27.5. The number of aliphatic hydroxyl groups is 1. The lowest BCUT2D eigenvalue weighted by molar-refractivity contribution is -0.124. The van der Waals surface area contributed by atoms with Crippen molar-refractivity contribution in [3.63, 3.8) is 0 Å². The molecule has 8 nitrogen and oxygen atoms in total. The number of anilines is 1. The van der Waals surface area contributed by atoms with Gasteiger partial charge in [-0.15, -0.1) is 0 Å². The van der Waals surface area contributed by atoms with E-state index < -0.39 is 17.8 Å². The first kappa shape index (κ1) is 21.8. The summed E-state index contributed by atoms with van der Waals surface area (Å²) in [6.07, 6.45) is 1.12. The monoisotopic (exact) mass is 411 g/mol.